The Morgan fingerprint density at radius 3 is 2.90 bits per heavy atom. The first-order chi connectivity index (χ1) is 15.0. The highest BCUT2D eigenvalue weighted by atomic mass is 19.1. The van der Waals surface area contributed by atoms with Crippen molar-refractivity contribution in [2.75, 3.05) is 23.4 Å². The first-order valence-electron chi connectivity index (χ1n) is 10.5. The first kappa shape index (κ1) is 19.7. The van der Waals surface area contributed by atoms with E-state index in [-0.39, 0.29) is 24.1 Å². The van der Waals surface area contributed by atoms with Crippen molar-refractivity contribution in [3.63, 3.8) is 0 Å². The Kier molecular flexibility index (Phi) is 4.94. The minimum Gasteiger partial charge on any atom is -0.376 e. The smallest absolute Gasteiger partial charge is 0.253 e. The zero-order valence-electron chi connectivity index (χ0n) is 17.2. The summed E-state index contributed by atoms with van der Waals surface area (Å²) >= 11 is 0. The molecule has 2 aromatic carbocycles. The average Bonchev–Trinajstić information content (AvgIpc) is 3.44. The molecular formula is C23H23FN4O3. The zero-order valence-corrected chi connectivity index (χ0v) is 17.2. The minimum absolute atomic E-state index is 0.0357. The topological polar surface area (TPSA) is 76.5 Å². The quantitative estimate of drug-likeness (QED) is 0.682. The number of fused-ring (bicyclic) bond motifs is 3. The Balaban J connectivity index is 1.44. The van der Waals surface area contributed by atoms with Gasteiger partial charge in [0.1, 0.15) is 11.9 Å². The highest BCUT2D eigenvalue weighted by Crippen LogP contribution is 2.37. The Labute approximate surface area is 178 Å². The standard InChI is InChI=1S/C23H23FN4O3/c1-14-8-9-17(16(24)11-14)25-21(29)12-20-22(30)27(13-15-5-4-10-31-15)23-26-18-6-2-3-7-19(18)28(20)23/h2-3,6-9,11,15,20H,4-5,10,12-13H2,1H3,(H,25,29). The fraction of sp³-hybridized carbons (Fsp3) is 0.348. The molecular weight excluding hydrogens is 399 g/mol. The number of halogens is 1. The predicted molar refractivity (Wildman–Crippen MR) is 114 cm³/mol. The molecule has 8 heteroatoms. The van der Waals surface area contributed by atoms with Crippen LogP contribution in [0.15, 0.2) is 42.5 Å². The van der Waals surface area contributed by atoms with Crippen LogP contribution in [0.1, 0.15) is 30.9 Å². The van der Waals surface area contributed by atoms with Crippen LogP contribution in [0.2, 0.25) is 0 Å². The molecule has 3 aromatic rings. The first-order valence-corrected chi connectivity index (χ1v) is 10.5. The van der Waals surface area contributed by atoms with Crippen LogP contribution in [0.5, 0.6) is 0 Å². The minimum atomic E-state index is -0.739. The van der Waals surface area contributed by atoms with E-state index in [1.165, 1.54) is 12.1 Å². The number of carbonyl (C=O) groups is 2. The normalized spacial score (nSPS) is 20.5. The number of ether oxygens (including phenoxy) is 1. The van der Waals surface area contributed by atoms with E-state index in [0.717, 1.165) is 29.4 Å². The highest BCUT2D eigenvalue weighted by Gasteiger charge is 2.42. The molecule has 160 valence electrons. The zero-order chi connectivity index (χ0) is 21.5. The summed E-state index contributed by atoms with van der Waals surface area (Å²) in [5.41, 5.74) is 2.42. The Morgan fingerprint density at radius 1 is 1.29 bits per heavy atom. The van der Waals surface area contributed by atoms with Gasteiger partial charge in [-0.25, -0.2) is 9.37 Å². The van der Waals surface area contributed by atoms with E-state index in [1.807, 2.05) is 28.8 Å². The fourth-order valence-corrected chi connectivity index (χ4v) is 4.36. The number of aromatic nitrogens is 2. The number of imidazole rings is 1. The molecule has 31 heavy (non-hydrogen) atoms. The number of rotatable bonds is 5. The number of benzene rings is 2. The summed E-state index contributed by atoms with van der Waals surface area (Å²) in [5.74, 6) is -0.590. The van der Waals surface area contributed by atoms with Gasteiger partial charge in [0, 0.05) is 6.61 Å². The van der Waals surface area contributed by atoms with Crippen molar-refractivity contribution in [2.24, 2.45) is 0 Å². The fourth-order valence-electron chi connectivity index (χ4n) is 4.36. The maximum atomic E-state index is 14.2. The average molecular weight is 422 g/mol. The largest absolute Gasteiger partial charge is 0.376 e. The molecule has 0 radical (unpaired) electrons. The maximum Gasteiger partial charge on any atom is 0.253 e. The number of nitrogens with one attached hydrogen (secondary N) is 1. The van der Waals surface area contributed by atoms with Gasteiger partial charge in [-0.3, -0.25) is 19.1 Å². The van der Waals surface area contributed by atoms with Gasteiger partial charge in [0.05, 0.1) is 35.8 Å². The van der Waals surface area contributed by atoms with Crippen LogP contribution in [0.4, 0.5) is 16.0 Å². The van der Waals surface area contributed by atoms with Crippen molar-refractivity contribution in [1.29, 1.82) is 0 Å². The van der Waals surface area contributed by atoms with Crippen molar-refractivity contribution in [1.82, 2.24) is 9.55 Å². The summed E-state index contributed by atoms with van der Waals surface area (Å²) in [7, 11) is 0. The lowest BCUT2D eigenvalue weighted by atomic mass is 10.1. The third-order valence-corrected chi connectivity index (χ3v) is 5.87. The van der Waals surface area contributed by atoms with E-state index >= 15 is 0 Å². The molecule has 2 aliphatic rings. The van der Waals surface area contributed by atoms with Crippen LogP contribution in [-0.2, 0) is 14.3 Å². The molecule has 2 aliphatic heterocycles. The van der Waals surface area contributed by atoms with E-state index in [1.54, 1.807) is 17.9 Å². The molecule has 1 fully saturated rings. The van der Waals surface area contributed by atoms with Gasteiger partial charge in [0.15, 0.2) is 0 Å². The van der Waals surface area contributed by atoms with Gasteiger partial charge in [0.25, 0.3) is 5.91 Å². The van der Waals surface area contributed by atoms with Gasteiger partial charge in [-0.05, 0) is 49.6 Å². The number of anilines is 2. The second-order valence-electron chi connectivity index (χ2n) is 8.11. The van der Waals surface area contributed by atoms with Gasteiger partial charge >= 0.3 is 0 Å². The molecule has 0 aliphatic carbocycles. The molecule has 7 nitrogen and oxygen atoms in total. The van der Waals surface area contributed by atoms with E-state index in [4.69, 9.17) is 4.74 Å². The lowest BCUT2D eigenvalue weighted by Crippen LogP contribution is -2.37. The lowest BCUT2D eigenvalue weighted by molar-refractivity contribution is -0.124. The maximum absolute atomic E-state index is 14.2. The third-order valence-electron chi connectivity index (χ3n) is 5.87. The SMILES string of the molecule is Cc1ccc(NC(=O)CC2C(=O)N(CC3CCCO3)c3nc4ccccc4n32)c(F)c1. The van der Waals surface area contributed by atoms with E-state index in [0.29, 0.717) is 19.1 Å². The molecule has 2 unspecified atom stereocenters. The number of amides is 2. The molecule has 1 aromatic heterocycles. The molecule has 0 spiro atoms. The van der Waals surface area contributed by atoms with E-state index in [9.17, 15) is 14.0 Å². The van der Waals surface area contributed by atoms with Gasteiger partial charge in [0.2, 0.25) is 11.9 Å². The van der Waals surface area contributed by atoms with E-state index < -0.39 is 17.8 Å². The lowest BCUT2D eigenvalue weighted by Gasteiger charge is -2.19. The summed E-state index contributed by atoms with van der Waals surface area (Å²) in [4.78, 5) is 32.4. The van der Waals surface area contributed by atoms with Crippen LogP contribution in [-0.4, -0.2) is 40.6 Å². The number of hydrogen-bond acceptors (Lipinski definition) is 4. The van der Waals surface area contributed by atoms with Crippen molar-refractivity contribution in [3.05, 3.63) is 53.8 Å². The number of para-hydroxylation sites is 2. The Hall–Kier alpha value is -3.26. The van der Waals surface area contributed by atoms with Crippen LogP contribution in [0, 0.1) is 12.7 Å². The number of hydrogen-bond donors (Lipinski definition) is 1. The molecule has 5 rings (SSSR count). The van der Waals surface area contributed by atoms with Crippen LogP contribution in [0.25, 0.3) is 11.0 Å². The molecule has 0 bridgehead atoms. The molecule has 1 N–H and O–H groups in total. The number of aryl methyl sites for hydroxylation is 1. The summed E-state index contributed by atoms with van der Waals surface area (Å²) in [5, 5.41) is 2.60. The van der Waals surface area contributed by atoms with Crippen LogP contribution < -0.4 is 10.2 Å². The molecule has 0 saturated carbocycles. The van der Waals surface area contributed by atoms with Crippen molar-refractivity contribution in [2.45, 2.75) is 38.3 Å². The van der Waals surface area contributed by atoms with Crippen LogP contribution >= 0.6 is 0 Å². The van der Waals surface area contributed by atoms with Gasteiger partial charge < -0.3 is 10.1 Å². The summed E-state index contributed by atoms with van der Waals surface area (Å²) in [6.45, 7) is 2.88. The van der Waals surface area contributed by atoms with Crippen molar-refractivity contribution < 1.29 is 18.7 Å². The summed E-state index contributed by atoms with van der Waals surface area (Å²) in [6.07, 6.45) is 1.71. The monoisotopic (exact) mass is 422 g/mol. The highest BCUT2D eigenvalue weighted by molar-refractivity contribution is 6.05. The predicted octanol–water partition coefficient (Wildman–Crippen LogP) is 3.58. The Morgan fingerprint density at radius 2 is 2.13 bits per heavy atom. The molecule has 1 saturated heterocycles. The van der Waals surface area contributed by atoms with Crippen molar-refractivity contribution >= 4 is 34.5 Å². The number of nitrogens with zero attached hydrogens (tertiary/aromatic N) is 3. The summed E-state index contributed by atoms with van der Waals surface area (Å²) < 4.78 is 21.7. The molecule has 3 heterocycles. The summed E-state index contributed by atoms with van der Waals surface area (Å²) in [6, 6.07) is 11.4. The third kappa shape index (κ3) is 3.57. The Bertz CT molecular complexity index is 1170. The number of carbonyl (C=O) groups excluding carboxylic acids is 2. The molecule has 2 atom stereocenters. The van der Waals surface area contributed by atoms with Gasteiger partial charge in [-0.1, -0.05) is 18.2 Å². The molecule has 2 amide bonds. The van der Waals surface area contributed by atoms with Crippen molar-refractivity contribution in [3.8, 4) is 0 Å². The second-order valence-corrected chi connectivity index (χ2v) is 8.11. The van der Waals surface area contributed by atoms with Crippen LogP contribution in [0.3, 0.4) is 0 Å². The van der Waals surface area contributed by atoms with E-state index in [2.05, 4.69) is 10.3 Å². The second kappa shape index (κ2) is 7.77. The van der Waals surface area contributed by atoms with Gasteiger partial charge in [-0.15, -0.1) is 0 Å². The van der Waals surface area contributed by atoms with Gasteiger partial charge in [-0.2, -0.15) is 0 Å².